The first-order valence-corrected chi connectivity index (χ1v) is 5.29. The van der Waals surface area contributed by atoms with Crippen molar-refractivity contribution in [3.63, 3.8) is 0 Å². The Morgan fingerprint density at radius 1 is 1.21 bits per heavy atom. The Labute approximate surface area is 89.3 Å². The van der Waals surface area contributed by atoms with Crippen molar-refractivity contribution in [3.8, 4) is 5.75 Å². The van der Waals surface area contributed by atoms with Gasteiger partial charge in [0.1, 0.15) is 12.4 Å². The van der Waals surface area contributed by atoms with E-state index in [-0.39, 0.29) is 0 Å². The number of rotatable bonds is 3. The molecule has 0 saturated heterocycles. The molecule has 0 fully saturated rings. The van der Waals surface area contributed by atoms with Crippen LogP contribution in [0.5, 0.6) is 5.75 Å². The molecule has 1 aliphatic carbocycles. The number of hydrogen-bond acceptors (Lipinski definition) is 1. The van der Waals surface area contributed by atoms with Gasteiger partial charge in [-0.1, -0.05) is 17.7 Å². The Hall–Kier alpha value is -0.950. The lowest BCUT2D eigenvalue weighted by Crippen LogP contribution is -1.98. The van der Waals surface area contributed by atoms with Crippen molar-refractivity contribution in [3.05, 3.63) is 40.9 Å². The van der Waals surface area contributed by atoms with E-state index in [0.717, 1.165) is 17.4 Å². The maximum Gasteiger partial charge on any atom is 0.119 e. The van der Waals surface area contributed by atoms with Crippen LogP contribution in [0.1, 0.15) is 19.3 Å². The fourth-order valence-corrected chi connectivity index (χ4v) is 1.70. The van der Waals surface area contributed by atoms with Gasteiger partial charge in [-0.25, -0.2) is 0 Å². The van der Waals surface area contributed by atoms with Gasteiger partial charge in [0.25, 0.3) is 0 Å². The van der Waals surface area contributed by atoms with Crippen molar-refractivity contribution in [1.82, 2.24) is 0 Å². The van der Waals surface area contributed by atoms with Gasteiger partial charge in [0.15, 0.2) is 0 Å². The Morgan fingerprint density at radius 3 is 2.64 bits per heavy atom. The highest BCUT2D eigenvalue weighted by Gasteiger charge is 2.04. The Balaban J connectivity index is 1.88. The molecule has 0 radical (unpaired) electrons. The Kier molecular flexibility index (Phi) is 3.10. The molecule has 0 unspecified atom stereocenters. The van der Waals surface area contributed by atoms with Crippen molar-refractivity contribution in [1.29, 1.82) is 0 Å². The maximum absolute atomic E-state index is 5.77. The smallest absolute Gasteiger partial charge is 0.119 e. The lowest BCUT2D eigenvalue weighted by molar-refractivity contribution is 0.349. The van der Waals surface area contributed by atoms with Crippen LogP contribution in [0.2, 0.25) is 5.02 Å². The molecule has 1 aliphatic rings. The van der Waals surface area contributed by atoms with Crippen LogP contribution in [-0.2, 0) is 0 Å². The standard InChI is InChI=1S/C12H13ClO/c13-11-5-7-12(8-6-11)14-9-10-3-1-2-4-10/h3,5-8H,1-2,4,9H2. The van der Waals surface area contributed by atoms with E-state index in [1.165, 1.54) is 24.8 Å². The second kappa shape index (κ2) is 4.52. The molecule has 2 rings (SSSR count). The third-order valence-electron chi connectivity index (χ3n) is 2.37. The number of allylic oxidation sites excluding steroid dienone is 1. The van der Waals surface area contributed by atoms with Crippen LogP contribution in [0.25, 0.3) is 0 Å². The van der Waals surface area contributed by atoms with Gasteiger partial charge in [-0.3, -0.25) is 0 Å². The summed E-state index contributed by atoms with van der Waals surface area (Å²) in [6, 6.07) is 7.50. The van der Waals surface area contributed by atoms with E-state index in [4.69, 9.17) is 16.3 Å². The Bertz CT molecular complexity index is 327. The molecule has 0 spiro atoms. The lowest BCUT2D eigenvalue weighted by Gasteiger charge is -2.06. The van der Waals surface area contributed by atoms with Crippen LogP contribution >= 0.6 is 11.6 Å². The number of halogens is 1. The summed E-state index contributed by atoms with van der Waals surface area (Å²) in [4.78, 5) is 0. The average Bonchev–Trinajstić information content (AvgIpc) is 2.70. The molecule has 0 aliphatic heterocycles. The Morgan fingerprint density at radius 2 is 2.00 bits per heavy atom. The molecule has 0 atom stereocenters. The highest BCUT2D eigenvalue weighted by atomic mass is 35.5. The summed E-state index contributed by atoms with van der Waals surface area (Å²) >= 11 is 5.77. The maximum atomic E-state index is 5.77. The largest absolute Gasteiger partial charge is 0.489 e. The summed E-state index contributed by atoms with van der Waals surface area (Å²) < 4.78 is 5.62. The van der Waals surface area contributed by atoms with E-state index in [1.807, 2.05) is 24.3 Å². The molecule has 1 aromatic rings. The van der Waals surface area contributed by atoms with Crippen LogP contribution in [-0.4, -0.2) is 6.61 Å². The van der Waals surface area contributed by atoms with Crippen LogP contribution in [0.4, 0.5) is 0 Å². The molecule has 1 aromatic carbocycles. The van der Waals surface area contributed by atoms with Gasteiger partial charge in [0, 0.05) is 5.02 Å². The molecule has 0 saturated carbocycles. The second-order valence-electron chi connectivity index (χ2n) is 3.50. The van der Waals surface area contributed by atoms with Crippen LogP contribution < -0.4 is 4.74 Å². The molecule has 1 nitrogen and oxygen atoms in total. The third kappa shape index (κ3) is 2.52. The first kappa shape index (κ1) is 9.60. The van der Waals surface area contributed by atoms with Gasteiger partial charge < -0.3 is 4.74 Å². The van der Waals surface area contributed by atoms with E-state index in [2.05, 4.69) is 6.08 Å². The molecule has 0 aromatic heterocycles. The summed E-state index contributed by atoms with van der Waals surface area (Å²) in [5, 5.41) is 0.748. The van der Waals surface area contributed by atoms with Crippen molar-refractivity contribution < 1.29 is 4.74 Å². The van der Waals surface area contributed by atoms with Crippen molar-refractivity contribution >= 4 is 11.6 Å². The van der Waals surface area contributed by atoms with E-state index in [0.29, 0.717) is 0 Å². The summed E-state index contributed by atoms with van der Waals surface area (Å²) in [7, 11) is 0. The van der Waals surface area contributed by atoms with Gasteiger partial charge in [-0.05, 0) is 49.1 Å². The summed E-state index contributed by atoms with van der Waals surface area (Å²) in [6.45, 7) is 0.724. The van der Waals surface area contributed by atoms with Crippen LogP contribution in [0.15, 0.2) is 35.9 Å². The molecule has 14 heavy (non-hydrogen) atoms. The first-order chi connectivity index (χ1) is 6.84. The van der Waals surface area contributed by atoms with E-state index in [1.54, 1.807) is 0 Å². The number of benzene rings is 1. The number of hydrogen-bond donors (Lipinski definition) is 0. The zero-order valence-corrected chi connectivity index (χ0v) is 8.76. The minimum Gasteiger partial charge on any atom is -0.489 e. The van der Waals surface area contributed by atoms with Crippen molar-refractivity contribution in [2.24, 2.45) is 0 Å². The van der Waals surface area contributed by atoms with E-state index >= 15 is 0 Å². The van der Waals surface area contributed by atoms with E-state index < -0.39 is 0 Å². The van der Waals surface area contributed by atoms with Gasteiger partial charge >= 0.3 is 0 Å². The molecular weight excluding hydrogens is 196 g/mol. The quantitative estimate of drug-likeness (QED) is 0.686. The topological polar surface area (TPSA) is 9.23 Å². The first-order valence-electron chi connectivity index (χ1n) is 4.91. The fraction of sp³-hybridized carbons (Fsp3) is 0.333. The normalized spacial score (nSPS) is 15.4. The van der Waals surface area contributed by atoms with Crippen molar-refractivity contribution in [2.45, 2.75) is 19.3 Å². The zero-order chi connectivity index (χ0) is 9.80. The number of ether oxygens (including phenoxy) is 1. The van der Waals surface area contributed by atoms with Crippen LogP contribution in [0.3, 0.4) is 0 Å². The van der Waals surface area contributed by atoms with Crippen LogP contribution in [0, 0.1) is 0 Å². The summed E-state index contributed by atoms with van der Waals surface area (Å²) in [6.07, 6.45) is 5.95. The predicted molar refractivity (Wildman–Crippen MR) is 58.9 cm³/mol. The summed E-state index contributed by atoms with van der Waals surface area (Å²) in [5.74, 6) is 0.891. The monoisotopic (exact) mass is 208 g/mol. The van der Waals surface area contributed by atoms with Crippen molar-refractivity contribution in [2.75, 3.05) is 6.61 Å². The lowest BCUT2D eigenvalue weighted by atomic mass is 10.2. The van der Waals surface area contributed by atoms with Gasteiger partial charge in [0.05, 0.1) is 0 Å². The highest BCUT2D eigenvalue weighted by Crippen LogP contribution is 2.20. The minimum absolute atomic E-state index is 0.724. The molecule has 0 bridgehead atoms. The third-order valence-corrected chi connectivity index (χ3v) is 2.62. The second-order valence-corrected chi connectivity index (χ2v) is 3.93. The van der Waals surface area contributed by atoms with Gasteiger partial charge in [-0.2, -0.15) is 0 Å². The molecule has 74 valence electrons. The highest BCUT2D eigenvalue weighted by molar-refractivity contribution is 6.30. The minimum atomic E-state index is 0.724. The predicted octanol–water partition coefficient (Wildman–Crippen LogP) is 3.83. The van der Waals surface area contributed by atoms with E-state index in [9.17, 15) is 0 Å². The molecular formula is C12H13ClO. The molecule has 0 heterocycles. The van der Waals surface area contributed by atoms with Gasteiger partial charge in [0.2, 0.25) is 0 Å². The molecule has 0 N–H and O–H groups in total. The average molecular weight is 209 g/mol. The molecule has 2 heteroatoms. The van der Waals surface area contributed by atoms with Gasteiger partial charge in [-0.15, -0.1) is 0 Å². The fourth-order valence-electron chi connectivity index (χ4n) is 1.58. The SMILES string of the molecule is Clc1ccc(OCC2=CCCC2)cc1. The summed E-state index contributed by atoms with van der Waals surface area (Å²) in [5.41, 5.74) is 1.42. The zero-order valence-electron chi connectivity index (χ0n) is 8.00. The molecule has 0 amide bonds.